The Hall–Kier alpha value is -2.73. The molecule has 0 aliphatic carbocycles. The number of carbonyl (C=O) groups is 1. The molecular weight excluding hydrogens is 362 g/mol. The van der Waals surface area contributed by atoms with E-state index in [4.69, 9.17) is 5.73 Å². The number of amides is 1. The highest BCUT2D eigenvalue weighted by molar-refractivity contribution is 5.84. The first-order chi connectivity index (χ1) is 13.3. The van der Waals surface area contributed by atoms with Crippen LogP contribution in [0.4, 0.5) is 8.78 Å². The Balaban J connectivity index is 2.06. The van der Waals surface area contributed by atoms with Crippen molar-refractivity contribution in [2.45, 2.75) is 32.4 Å². The van der Waals surface area contributed by atoms with Crippen LogP contribution in [0.3, 0.4) is 0 Å². The Labute approximate surface area is 163 Å². The fraction of sp³-hybridized carbons (Fsp3) is 0.318. The van der Waals surface area contributed by atoms with Gasteiger partial charge in [0.2, 0.25) is 5.91 Å². The number of hydrogen-bond acceptors (Lipinski definition) is 3. The average molecular weight is 386 g/mol. The van der Waals surface area contributed by atoms with Crippen molar-refractivity contribution in [1.82, 2.24) is 4.90 Å². The van der Waals surface area contributed by atoms with Crippen molar-refractivity contribution in [2.75, 3.05) is 6.54 Å². The van der Waals surface area contributed by atoms with Crippen molar-refractivity contribution in [3.8, 4) is 5.75 Å². The number of benzene rings is 2. The summed E-state index contributed by atoms with van der Waals surface area (Å²) in [6.45, 7) is 4.07. The minimum atomic E-state index is -0.666. The average Bonchev–Trinajstić information content (AvgIpc) is 2.68. The lowest BCUT2D eigenvalue weighted by Crippen LogP contribution is -2.49. The van der Waals surface area contributed by atoms with Crippen molar-refractivity contribution in [1.29, 1.82) is 0 Å². The normalized spacial score (nSPS) is 18.1. The first kappa shape index (κ1) is 20.0. The molecular formula is C22H24F2N2O2. The van der Waals surface area contributed by atoms with E-state index in [1.807, 2.05) is 13.8 Å². The maximum absolute atomic E-state index is 14.3. The molecule has 0 saturated heterocycles. The Morgan fingerprint density at radius 2 is 1.96 bits per heavy atom. The molecule has 2 unspecified atom stereocenters. The van der Waals surface area contributed by atoms with E-state index in [1.165, 1.54) is 6.07 Å². The number of nitrogens with zero attached hydrogens (tertiary/aromatic N) is 1. The van der Waals surface area contributed by atoms with E-state index in [2.05, 4.69) is 0 Å². The maximum atomic E-state index is 14.3. The third-order valence-electron chi connectivity index (χ3n) is 5.09. The van der Waals surface area contributed by atoms with Gasteiger partial charge in [-0.25, -0.2) is 8.78 Å². The van der Waals surface area contributed by atoms with Crippen LogP contribution in [0.25, 0.3) is 5.57 Å². The molecule has 2 atom stereocenters. The van der Waals surface area contributed by atoms with Gasteiger partial charge in [0.05, 0.1) is 12.1 Å². The van der Waals surface area contributed by atoms with E-state index in [0.717, 1.165) is 18.2 Å². The van der Waals surface area contributed by atoms with E-state index >= 15 is 0 Å². The predicted molar refractivity (Wildman–Crippen MR) is 104 cm³/mol. The quantitative estimate of drug-likeness (QED) is 0.834. The highest BCUT2D eigenvalue weighted by Gasteiger charge is 2.32. The fourth-order valence-electron chi connectivity index (χ4n) is 3.42. The molecule has 2 aromatic carbocycles. The van der Waals surface area contributed by atoms with Gasteiger partial charge in [0, 0.05) is 12.1 Å². The van der Waals surface area contributed by atoms with Gasteiger partial charge < -0.3 is 15.7 Å². The van der Waals surface area contributed by atoms with Crippen molar-refractivity contribution in [3.05, 3.63) is 71.3 Å². The van der Waals surface area contributed by atoms with E-state index in [9.17, 15) is 18.7 Å². The molecule has 28 heavy (non-hydrogen) atoms. The summed E-state index contributed by atoms with van der Waals surface area (Å²) in [5, 5.41) is 9.87. The summed E-state index contributed by atoms with van der Waals surface area (Å²) >= 11 is 0. The van der Waals surface area contributed by atoms with Gasteiger partial charge in [-0.2, -0.15) is 0 Å². The number of aromatic hydroxyl groups is 1. The summed E-state index contributed by atoms with van der Waals surface area (Å²) in [5.41, 5.74) is 7.56. The van der Waals surface area contributed by atoms with Gasteiger partial charge >= 0.3 is 0 Å². The lowest BCUT2D eigenvalue weighted by Gasteiger charge is -2.37. The second-order valence-electron chi connectivity index (χ2n) is 7.41. The molecule has 4 nitrogen and oxygen atoms in total. The summed E-state index contributed by atoms with van der Waals surface area (Å²) < 4.78 is 28.0. The van der Waals surface area contributed by atoms with Crippen molar-refractivity contribution >= 4 is 11.5 Å². The van der Waals surface area contributed by atoms with Gasteiger partial charge in [-0.1, -0.05) is 32.1 Å². The molecule has 1 aliphatic rings. The molecule has 2 aromatic rings. The molecule has 0 bridgehead atoms. The Morgan fingerprint density at radius 3 is 2.64 bits per heavy atom. The predicted octanol–water partition coefficient (Wildman–Crippen LogP) is 4.01. The van der Waals surface area contributed by atoms with Gasteiger partial charge in [0.25, 0.3) is 0 Å². The van der Waals surface area contributed by atoms with Crippen molar-refractivity contribution in [3.63, 3.8) is 0 Å². The molecule has 0 fully saturated rings. The topological polar surface area (TPSA) is 66.6 Å². The molecule has 1 amide bonds. The first-order valence-corrected chi connectivity index (χ1v) is 9.29. The summed E-state index contributed by atoms with van der Waals surface area (Å²) in [6, 6.07) is 8.71. The number of halogens is 2. The van der Waals surface area contributed by atoms with Crippen LogP contribution in [0.5, 0.6) is 5.75 Å². The van der Waals surface area contributed by atoms with E-state index in [-0.39, 0.29) is 23.1 Å². The number of phenolic OH excluding ortho intramolecular Hbond substituents is 1. The summed E-state index contributed by atoms with van der Waals surface area (Å²) in [6.07, 6.45) is 2.13. The van der Waals surface area contributed by atoms with E-state index in [1.54, 1.807) is 29.2 Å². The summed E-state index contributed by atoms with van der Waals surface area (Å²) in [7, 11) is 0. The standard InChI is InChI=1S/C22H24F2N2O2/c1-13(2)21(25)22(28)26-9-8-14(18-12-16(23)6-7-19(18)24)11-20(26)15-4-3-5-17(27)10-15/h3-7,10-13,20-21,27H,8-9,25H2,1-2H3. The van der Waals surface area contributed by atoms with Crippen molar-refractivity contribution < 1.29 is 18.7 Å². The van der Waals surface area contributed by atoms with Crippen LogP contribution in [0.2, 0.25) is 0 Å². The fourth-order valence-corrected chi connectivity index (χ4v) is 3.42. The van der Waals surface area contributed by atoms with Crippen LogP contribution in [0, 0.1) is 17.6 Å². The molecule has 6 heteroatoms. The van der Waals surface area contributed by atoms with Crippen LogP contribution in [-0.2, 0) is 4.79 Å². The minimum absolute atomic E-state index is 0.0385. The second-order valence-corrected chi connectivity index (χ2v) is 7.41. The highest BCUT2D eigenvalue weighted by atomic mass is 19.1. The Kier molecular flexibility index (Phi) is 5.79. The maximum Gasteiger partial charge on any atom is 0.240 e. The third kappa shape index (κ3) is 4.07. The number of hydrogen-bond donors (Lipinski definition) is 2. The zero-order chi connectivity index (χ0) is 20.4. The van der Waals surface area contributed by atoms with E-state index in [0.29, 0.717) is 24.1 Å². The molecule has 3 rings (SSSR count). The van der Waals surface area contributed by atoms with Crippen LogP contribution in [0.1, 0.15) is 37.4 Å². The molecule has 0 spiro atoms. The highest BCUT2D eigenvalue weighted by Crippen LogP contribution is 2.36. The summed E-state index contributed by atoms with van der Waals surface area (Å²) in [4.78, 5) is 14.6. The largest absolute Gasteiger partial charge is 0.508 e. The Morgan fingerprint density at radius 1 is 1.21 bits per heavy atom. The van der Waals surface area contributed by atoms with Gasteiger partial charge in [0.15, 0.2) is 0 Å². The van der Waals surface area contributed by atoms with Crippen LogP contribution in [-0.4, -0.2) is 28.5 Å². The molecule has 3 N–H and O–H groups in total. The third-order valence-corrected chi connectivity index (χ3v) is 5.09. The molecule has 0 aromatic heterocycles. The molecule has 1 heterocycles. The minimum Gasteiger partial charge on any atom is -0.508 e. The molecule has 148 valence electrons. The van der Waals surface area contributed by atoms with Crippen molar-refractivity contribution in [2.24, 2.45) is 11.7 Å². The van der Waals surface area contributed by atoms with Crippen LogP contribution in [0.15, 0.2) is 48.5 Å². The lowest BCUT2D eigenvalue weighted by molar-refractivity contribution is -0.135. The molecule has 0 saturated carbocycles. The van der Waals surface area contributed by atoms with Gasteiger partial charge in [-0.05, 0) is 53.8 Å². The summed E-state index contributed by atoms with van der Waals surface area (Å²) in [5.74, 6) is -1.22. The smallest absolute Gasteiger partial charge is 0.240 e. The van der Waals surface area contributed by atoms with Gasteiger partial charge in [0.1, 0.15) is 17.4 Å². The number of carbonyl (C=O) groups excluding carboxylic acids is 1. The van der Waals surface area contributed by atoms with E-state index < -0.39 is 23.7 Å². The first-order valence-electron chi connectivity index (χ1n) is 9.29. The zero-order valence-corrected chi connectivity index (χ0v) is 15.9. The monoisotopic (exact) mass is 386 g/mol. The van der Waals surface area contributed by atoms with Crippen LogP contribution >= 0.6 is 0 Å². The molecule has 1 aliphatic heterocycles. The number of phenols is 1. The lowest BCUT2D eigenvalue weighted by atomic mass is 9.90. The Bertz CT molecular complexity index is 911. The van der Waals surface area contributed by atoms with Gasteiger partial charge in [-0.15, -0.1) is 0 Å². The zero-order valence-electron chi connectivity index (χ0n) is 15.9. The molecule has 0 radical (unpaired) electrons. The SMILES string of the molecule is CC(C)C(N)C(=O)N1CCC(c2cc(F)ccc2F)=CC1c1cccc(O)c1. The van der Waals surface area contributed by atoms with Gasteiger partial charge in [-0.3, -0.25) is 4.79 Å². The van der Waals surface area contributed by atoms with Crippen LogP contribution < -0.4 is 5.73 Å². The number of rotatable bonds is 4. The number of nitrogens with two attached hydrogens (primary N) is 1. The second kappa shape index (κ2) is 8.10.